The van der Waals surface area contributed by atoms with Crippen LogP contribution in [-0.2, 0) is 49.1 Å². The summed E-state index contributed by atoms with van der Waals surface area (Å²) in [5, 5.41) is 3.73. The third-order valence-electron chi connectivity index (χ3n) is 13.8. The Labute approximate surface area is 451 Å². The molecule has 2 amide bonds. The van der Waals surface area contributed by atoms with E-state index in [1.165, 1.54) is 0 Å². The van der Waals surface area contributed by atoms with E-state index in [4.69, 9.17) is 19.5 Å². The van der Waals surface area contributed by atoms with Crippen molar-refractivity contribution >= 4 is 104 Å². The number of fused-ring (bicyclic) bond motifs is 8. The molecule has 0 saturated carbocycles. The van der Waals surface area contributed by atoms with Gasteiger partial charge in [-0.05, 0) is 122 Å². The molecule has 0 radical (unpaired) electrons. The number of benzene rings is 2. The zero-order chi connectivity index (χ0) is 51.0. The number of hydrogen-bond donors (Lipinski definition) is 0. The van der Waals surface area contributed by atoms with E-state index < -0.39 is 28.0 Å². The molecule has 378 valence electrons. The maximum absolute atomic E-state index is 15.5. The Balaban J connectivity index is 1.11. The zero-order valence-electron chi connectivity index (χ0n) is 41.0. The van der Waals surface area contributed by atoms with Gasteiger partial charge in [0.1, 0.15) is 44.8 Å². The average molecular weight is 1270 g/mol. The lowest BCUT2D eigenvalue weighted by Gasteiger charge is -2.37. The number of ether oxygens (including phenoxy) is 2. The summed E-state index contributed by atoms with van der Waals surface area (Å²) in [7, 11) is -2.82. The lowest BCUT2D eigenvalue weighted by molar-refractivity contribution is 0.0774. The van der Waals surface area contributed by atoms with E-state index in [0.717, 1.165) is 34.3 Å². The van der Waals surface area contributed by atoms with Crippen molar-refractivity contribution in [1.29, 1.82) is 0 Å². The minimum atomic E-state index is -1.41. The van der Waals surface area contributed by atoms with Gasteiger partial charge in [-0.2, -0.15) is 0 Å². The predicted octanol–water partition coefficient (Wildman–Crippen LogP) is 6.33. The maximum atomic E-state index is 15.5. The highest BCUT2D eigenvalue weighted by Gasteiger charge is 2.39. The molecule has 72 heavy (non-hydrogen) atoms. The molecule has 4 aliphatic heterocycles. The van der Waals surface area contributed by atoms with E-state index >= 15 is 9.59 Å². The summed E-state index contributed by atoms with van der Waals surface area (Å²) >= 11 is 14.7. The highest BCUT2D eigenvalue weighted by Crippen LogP contribution is 2.32. The van der Waals surface area contributed by atoms with Crippen LogP contribution >= 0.6 is 63.7 Å². The first-order chi connectivity index (χ1) is 34.3. The van der Waals surface area contributed by atoms with Gasteiger partial charge in [0, 0.05) is 41.2 Å². The van der Waals surface area contributed by atoms with Crippen LogP contribution in [0.15, 0.2) is 98.4 Å². The number of halogens is 4. The maximum Gasteiger partial charge on any atom is 0.289 e. The molecule has 0 unspecified atom stereocenters. The molecule has 2 atom stereocenters. The van der Waals surface area contributed by atoms with Crippen LogP contribution in [0.25, 0.3) is 12.2 Å². The molecule has 0 spiro atoms. The Hall–Kier alpha value is -4.43. The van der Waals surface area contributed by atoms with Crippen molar-refractivity contribution < 1.29 is 19.1 Å². The summed E-state index contributed by atoms with van der Waals surface area (Å²) in [6, 6.07) is 21.3. The van der Waals surface area contributed by atoms with Gasteiger partial charge >= 0.3 is 0 Å². The fourth-order valence-electron chi connectivity index (χ4n) is 9.68. The Morgan fingerprint density at radius 3 is 1.35 bits per heavy atom. The van der Waals surface area contributed by atoms with Crippen LogP contribution in [-0.4, -0.2) is 81.9 Å². The van der Waals surface area contributed by atoms with Crippen LogP contribution in [0.3, 0.4) is 0 Å². The molecular formula is C50H56Br4N10O6Si2. The summed E-state index contributed by atoms with van der Waals surface area (Å²) in [5.74, 6) is -1.91. The summed E-state index contributed by atoms with van der Waals surface area (Å²) in [5.41, 5.74) is 4.66. The van der Waals surface area contributed by atoms with Crippen molar-refractivity contribution in [3.8, 4) is 0 Å². The van der Waals surface area contributed by atoms with E-state index in [2.05, 4.69) is 103 Å². The number of carbonyl (C=O) groups excluding carboxylic acids is 2. The van der Waals surface area contributed by atoms with Gasteiger partial charge in [0.2, 0.25) is 11.2 Å². The van der Waals surface area contributed by atoms with Crippen molar-refractivity contribution in [2.75, 3.05) is 36.3 Å². The van der Waals surface area contributed by atoms with Crippen molar-refractivity contribution in [1.82, 2.24) is 27.6 Å². The van der Waals surface area contributed by atoms with Crippen molar-refractivity contribution in [3.63, 3.8) is 0 Å². The molecular weight excluding hydrogens is 1210 g/mol. The van der Waals surface area contributed by atoms with E-state index in [9.17, 15) is 9.59 Å². The molecule has 22 heteroatoms. The number of amides is 2. The normalized spacial score (nSPS) is 17.2. The van der Waals surface area contributed by atoms with Crippen LogP contribution in [0.1, 0.15) is 43.2 Å². The molecule has 16 nitrogen and oxygen atoms in total. The Bertz CT molecular complexity index is 3330. The highest BCUT2D eigenvalue weighted by atomic mass is 79.9. The fourth-order valence-corrected chi connectivity index (χ4v) is 12.9. The third-order valence-corrected chi connectivity index (χ3v) is 21.2. The largest absolute Gasteiger partial charge is 0.361 e. The number of carbonyl (C=O) groups is 2. The molecule has 2 aromatic carbocycles. The zero-order valence-corrected chi connectivity index (χ0v) is 49.3. The number of rotatable bonds is 13. The van der Waals surface area contributed by atoms with Gasteiger partial charge in [-0.1, -0.05) is 87.8 Å². The van der Waals surface area contributed by atoms with Crippen LogP contribution < -0.4 is 43.1 Å². The van der Waals surface area contributed by atoms with Gasteiger partial charge in [-0.15, -0.1) is 0 Å². The number of aromatic nitrogens is 6. The van der Waals surface area contributed by atoms with Crippen LogP contribution in [0.2, 0.25) is 51.4 Å². The van der Waals surface area contributed by atoms with Gasteiger partial charge in [0.25, 0.3) is 22.9 Å². The second-order valence-corrected chi connectivity index (χ2v) is 35.7. The van der Waals surface area contributed by atoms with Gasteiger partial charge in [-0.3, -0.25) is 28.3 Å². The molecule has 4 aromatic heterocycles. The lowest BCUT2D eigenvalue weighted by Crippen LogP contribution is -2.61. The first-order valence-corrected chi connectivity index (χ1v) is 34.6. The molecule has 10 rings (SSSR count). The topological polar surface area (TPSA) is 148 Å². The molecule has 0 bridgehead atoms. The number of nitrogens with zero attached hydrogens (tertiary/aromatic N) is 10. The van der Waals surface area contributed by atoms with Gasteiger partial charge < -0.3 is 18.6 Å². The average Bonchev–Trinajstić information content (AvgIpc) is 3.86. The van der Waals surface area contributed by atoms with Crippen LogP contribution in [0.4, 0.5) is 0 Å². The summed E-state index contributed by atoms with van der Waals surface area (Å²) < 4.78 is 25.2. The third kappa shape index (κ3) is 9.74. The Kier molecular flexibility index (Phi) is 14.2. The minimum absolute atomic E-state index is 0.0768. The summed E-state index contributed by atoms with van der Waals surface area (Å²) in [6.07, 6.45) is 3.79. The summed E-state index contributed by atoms with van der Waals surface area (Å²) in [4.78, 5) is 71.0. The van der Waals surface area contributed by atoms with Crippen molar-refractivity contribution in [2.45, 2.75) is 91.0 Å². The molecule has 0 aliphatic carbocycles. The predicted molar refractivity (Wildman–Crippen MR) is 296 cm³/mol. The minimum Gasteiger partial charge on any atom is -0.361 e. The highest BCUT2D eigenvalue weighted by molar-refractivity contribution is 9.13. The molecule has 0 N–H and O–H groups in total. The van der Waals surface area contributed by atoms with Crippen molar-refractivity contribution in [3.05, 3.63) is 155 Å². The van der Waals surface area contributed by atoms with E-state index in [1.54, 1.807) is 49.8 Å². The smallest absolute Gasteiger partial charge is 0.289 e. The van der Waals surface area contributed by atoms with Crippen LogP contribution in [0, 0.1) is 11.8 Å². The molecule has 0 fully saturated rings. The first-order valence-electron chi connectivity index (χ1n) is 24.1. The summed E-state index contributed by atoms with van der Waals surface area (Å²) in [6.45, 7) is 16.4. The molecule has 4 aliphatic rings. The quantitative estimate of drug-likeness (QED) is 0.0976. The van der Waals surface area contributed by atoms with Gasteiger partial charge in [-0.25, -0.2) is 29.4 Å². The Morgan fingerprint density at radius 1 is 0.597 bits per heavy atom. The molecule has 8 heterocycles. The van der Waals surface area contributed by atoms with E-state index in [-0.39, 0.29) is 73.3 Å². The molecule has 0 saturated heterocycles. The number of imidazole rings is 2. The lowest BCUT2D eigenvalue weighted by atomic mass is 9.89. The standard InChI is InChI=1S/C50H56Br4N10O6Si2/c1-71(2,3)17-15-69-29-59-39(21-37(51)43(59)53)47(67)61-27-35(19-41-45(65)57-25-33-13-9-7-11-31(33)23-55-49(57)63(41)61)36-20-42-46(66)58-26-34-14-10-8-12-32(34)24-56-50(58)64(42)62(28-36)48(68)40-22-38(52)44(54)60(40)30-70-16-18-72(4,5)6/h7-14,19-22,35-36H,15-18,23-30H2,1-6H3/t35-,36+. The monoisotopic (exact) mass is 1260 g/mol. The molecule has 6 aromatic rings. The Morgan fingerprint density at radius 2 is 0.972 bits per heavy atom. The SMILES string of the molecule is C[Si](C)(C)CCOCn1c(C(=O)N2C[C@H]([C@H]3C=c4c(=O)n5c(n4N(C(=O)c4cc(Br)c(Br)n4COCC[Si](C)(C)C)C3)=NCc3ccccc3C5)C=c3c(=O)n4c(n32)=NCc2ccccc2C4)cc(Br)c1Br. The van der Waals surface area contributed by atoms with Gasteiger partial charge in [0.15, 0.2) is 0 Å². The van der Waals surface area contributed by atoms with Crippen LogP contribution in [0.5, 0.6) is 0 Å². The van der Waals surface area contributed by atoms with Crippen molar-refractivity contribution in [2.24, 2.45) is 21.8 Å². The second-order valence-electron chi connectivity index (χ2n) is 21.3. The van der Waals surface area contributed by atoms with E-state index in [0.29, 0.717) is 67.1 Å². The number of hydrogen-bond acceptors (Lipinski definition) is 8. The van der Waals surface area contributed by atoms with E-state index in [1.807, 2.05) is 60.7 Å². The first kappa shape index (κ1) is 51.1. The fraction of sp³-hybridized carbons (Fsp3) is 0.400. The van der Waals surface area contributed by atoms with Gasteiger partial charge in [0.05, 0.1) is 48.2 Å². The second kappa shape index (κ2) is 20.0.